The van der Waals surface area contributed by atoms with Crippen LogP contribution in [-0.4, -0.2) is 40.9 Å². The minimum atomic E-state index is -0.503. The Balaban J connectivity index is 1.35. The lowest BCUT2D eigenvalue weighted by atomic mass is 10.0. The minimum Gasteiger partial charge on any atom is -0.494 e. The molecule has 1 heterocycles. The molecule has 0 saturated heterocycles. The number of unbranched alkanes of at least 4 members (excludes halogenated alkanes) is 6. The van der Waals surface area contributed by atoms with E-state index in [1.165, 1.54) is 24.0 Å². The van der Waals surface area contributed by atoms with Gasteiger partial charge in [-0.1, -0.05) is 50.3 Å². The number of aryl methyl sites for hydroxylation is 1. The quantitative estimate of drug-likeness (QED) is 0.0775. The highest BCUT2D eigenvalue weighted by atomic mass is 16.5. The Kier molecular flexibility index (Phi) is 14.4. The number of aromatic nitrogens is 2. The summed E-state index contributed by atoms with van der Waals surface area (Å²) < 4.78 is 16.1. The van der Waals surface area contributed by atoms with Crippen LogP contribution in [0.2, 0.25) is 0 Å². The van der Waals surface area contributed by atoms with E-state index in [9.17, 15) is 14.4 Å². The number of ketones is 1. The van der Waals surface area contributed by atoms with E-state index in [1.54, 1.807) is 24.3 Å². The molecule has 0 aliphatic rings. The number of nitrogens with zero attached hydrogens (tertiary/aromatic N) is 2. The second kappa shape index (κ2) is 18.8. The van der Waals surface area contributed by atoms with Crippen molar-refractivity contribution < 1.29 is 28.6 Å². The first-order valence-electron chi connectivity index (χ1n) is 14.8. The Labute approximate surface area is 253 Å². The van der Waals surface area contributed by atoms with E-state index >= 15 is 0 Å². The van der Waals surface area contributed by atoms with E-state index in [0.717, 1.165) is 69.4 Å². The van der Waals surface area contributed by atoms with Gasteiger partial charge >= 0.3 is 11.9 Å². The summed E-state index contributed by atoms with van der Waals surface area (Å²) in [6, 6.07) is 14.9. The van der Waals surface area contributed by atoms with Crippen molar-refractivity contribution in [1.29, 1.82) is 0 Å². The third kappa shape index (κ3) is 12.4. The lowest BCUT2D eigenvalue weighted by molar-refractivity contribution is -0.137. The fourth-order valence-corrected chi connectivity index (χ4v) is 4.26. The Morgan fingerprint density at radius 3 is 2.02 bits per heavy atom. The number of rotatable bonds is 20. The van der Waals surface area contributed by atoms with Gasteiger partial charge in [-0.25, -0.2) is 19.6 Å². The molecule has 0 amide bonds. The van der Waals surface area contributed by atoms with Crippen LogP contribution in [0, 0.1) is 0 Å². The molecule has 43 heavy (non-hydrogen) atoms. The molecule has 1 aromatic heterocycles. The molecule has 226 valence electrons. The molecule has 0 unspecified atom stereocenters. The summed E-state index contributed by atoms with van der Waals surface area (Å²) >= 11 is 0. The predicted molar refractivity (Wildman–Crippen MR) is 166 cm³/mol. The van der Waals surface area contributed by atoms with Crippen LogP contribution in [0.5, 0.6) is 11.5 Å². The van der Waals surface area contributed by atoms with Gasteiger partial charge in [-0.2, -0.15) is 0 Å². The molecule has 8 nitrogen and oxygen atoms in total. The molecule has 0 fully saturated rings. The first kappa shape index (κ1) is 32.9. The lowest BCUT2D eigenvalue weighted by Crippen LogP contribution is -2.09. The Morgan fingerprint density at radius 1 is 0.698 bits per heavy atom. The molecule has 0 aliphatic carbocycles. The summed E-state index contributed by atoms with van der Waals surface area (Å²) in [5, 5.41) is 0. The molecule has 0 bridgehead atoms. The average Bonchev–Trinajstić information content (AvgIpc) is 3.04. The van der Waals surface area contributed by atoms with Crippen LogP contribution in [0.4, 0.5) is 0 Å². The molecule has 3 rings (SSSR count). The zero-order chi connectivity index (χ0) is 30.7. The number of ether oxygens (including phenoxy) is 3. The maximum Gasteiger partial charge on any atom is 0.343 e. The summed E-state index contributed by atoms with van der Waals surface area (Å²) in [5.74, 6) is 0.706. The number of hydrogen-bond donors (Lipinski definition) is 0. The minimum absolute atomic E-state index is 0.114. The summed E-state index contributed by atoms with van der Waals surface area (Å²) in [7, 11) is 0. The zero-order valence-corrected chi connectivity index (χ0v) is 24.7. The smallest absolute Gasteiger partial charge is 0.343 e. The normalized spacial score (nSPS) is 10.5. The third-order valence-corrected chi connectivity index (χ3v) is 6.73. The van der Waals surface area contributed by atoms with Crippen molar-refractivity contribution in [2.75, 3.05) is 13.2 Å². The number of hydrogen-bond acceptors (Lipinski definition) is 8. The molecule has 0 saturated carbocycles. The summed E-state index contributed by atoms with van der Waals surface area (Å²) in [5.41, 5.74) is 2.52. The molecule has 0 aliphatic heterocycles. The molecule has 0 N–H and O–H groups in total. The molecular formula is C35H40N2O6. The Hall–Kier alpha value is -4.59. The largest absolute Gasteiger partial charge is 0.494 e. The second-order valence-electron chi connectivity index (χ2n) is 10.1. The van der Waals surface area contributed by atoms with Crippen LogP contribution in [0.3, 0.4) is 0 Å². The summed E-state index contributed by atoms with van der Waals surface area (Å²) in [6.45, 7) is 7.83. The fourth-order valence-electron chi connectivity index (χ4n) is 4.26. The maximum absolute atomic E-state index is 12.6. The SMILES string of the molecule is C=CC(=O)CCCCCCc1ccc(-c2ncc(OC(=O)c3ccc(OCCCCCCOC(=O)C=C)cc3)cn2)cc1. The van der Waals surface area contributed by atoms with E-state index in [4.69, 9.17) is 14.2 Å². The number of carbonyl (C=O) groups is 3. The van der Waals surface area contributed by atoms with Gasteiger partial charge < -0.3 is 14.2 Å². The average molecular weight is 585 g/mol. The highest BCUT2D eigenvalue weighted by Crippen LogP contribution is 2.20. The maximum atomic E-state index is 12.6. The van der Waals surface area contributed by atoms with Crippen LogP contribution in [0.1, 0.15) is 73.7 Å². The summed E-state index contributed by atoms with van der Waals surface area (Å²) in [4.78, 5) is 43.6. The molecule has 3 aromatic rings. The standard InChI is InChI=1S/C35H40N2O6/c1-3-30(38)14-10-6-5-9-13-27-15-17-28(18-16-27)34-36-25-32(26-37-34)43-35(40)29-19-21-31(22-20-29)41-23-11-7-8-12-24-42-33(39)4-2/h3-4,15-22,25-26H,1-2,5-14,23-24H2. The summed E-state index contributed by atoms with van der Waals surface area (Å²) in [6.07, 6.45) is 14.8. The third-order valence-electron chi connectivity index (χ3n) is 6.73. The van der Waals surface area contributed by atoms with E-state index in [0.29, 0.717) is 36.8 Å². The number of allylic oxidation sites excluding steroid dienone is 1. The van der Waals surface area contributed by atoms with Gasteiger partial charge in [-0.05, 0) is 80.9 Å². The van der Waals surface area contributed by atoms with Crippen molar-refractivity contribution in [3.8, 4) is 22.9 Å². The van der Waals surface area contributed by atoms with Gasteiger partial charge in [0.05, 0.1) is 31.2 Å². The van der Waals surface area contributed by atoms with Crippen molar-refractivity contribution >= 4 is 17.7 Å². The van der Waals surface area contributed by atoms with Crippen LogP contribution in [0.15, 0.2) is 86.2 Å². The molecule has 0 spiro atoms. The van der Waals surface area contributed by atoms with Gasteiger partial charge in [0.25, 0.3) is 0 Å². The van der Waals surface area contributed by atoms with Gasteiger partial charge in [-0.15, -0.1) is 0 Å². The molecular weight excluding hydrogens is 544 g/mol. The van der Waals surface area contributed by atoms with Crippen molar-refractivity contribution in [3.05, 3.63) is 97.4 Å². The molecule has 0 radical (unpaired) electrons. The highest BCUT2D eigenvalue weighted by Gasteiger charge is 2.11. The highest BCUT2D eigenvalue weighted by molar-refractivity contribution is 5.91. The first-order valence-corrected chi connectivity index (χ1v) is 14.8. The van der Waals surface area contributed by atoms with Gasteiger partial charge in [0.2, 0.25) is 0 Å². The van der Waals surface area contributed by atoms with Crippen LogP contribution in [-0.2, 0) is 20.7 Å². The lowest BCUT2D eigenvalue weighted by Gasteiger charge is -2.08. The molecule has 2 aromatic carbocycles. The van der Waals surface area contributed by atoms with Crippen LogP contribution in [0.25, 0.3) is 11.4 Å². The van der Waals surface area contributed by atoms with E-state index in [2.05, 4.69) is 35.3 Å². The molecule has 8 heteroatoms. The van der Waals surface area contributed by atoms with Gasteiger partial charge in [0.1, 0.15) is 5.75 Å². The van der Waals surface area contributed by atoms with Gasteiger partial charge in [-0.3, -0.25) is 4.79 Å². The van der Waals surface area contributed by atoms with Crippen LogP contribution < -0.4 is 9.47 Å². The number of esters is 2. The number of carbonyl (C=O) groups excluding carboxylic acids is 3. The zero-order valence-electron chi connectivity index (χ0n) is 24.7. The van der Waals surface area contributed by atoms with Crippen molar-refractivity contribution in [1.82, 2.24) is 9.97 Å². The topological polar surface area (TPSA) is 105 Å². The van der Waals surface area contributed by atoms with Gasteiger partial charge in [0.15, 0.2) is 17.4 Å². The Bertz CT molecular complexity index is 1320. The van der Waals surface area contributed by atoms with Crippen molar-refractivity contribution in [3.63, 3.8) is 0 Å². The van der Waals surface area contributed by atoms with E-state index in [1.807, 2.05) is 12.1 Å². The van der Waals surface area contributed by atoms with Gasteiger partial charge in [0, 0.05) is 18.1 Å². The molecule has 0 atom stereocenters. The van der Waals surface area contributed by atoms with E-state index < -0.39 is 11.9 Å². The van der Waals surface area contributed by atoms with E-state index in [-0.39, 0.29) is 11.5 Å². The fraction of sp³-hybridized carbons (Fsp3) is 0.343. The van der Waals surface area contributed by atoms with Crippen molar-refractivity contribution in [2.24, 2.45) is 0 Å². The predicted octanol–water partition coefficient (Wildman–Crippen LogP) is 7.28. The van der Waals surface area contributed by atoms with Crippen molar-refractivity contribution in [2.45, 2.75) is 64.2 Å². The first-order chi connectivity index (χ1) is 21.0. The second-order valence-corrected chi connectivity index (χ2v) is 10.1. The number of benzene rings is 2. The Morgan fingerprint density at radius 2 is 1.35 bits per heavy atom. The monoisotopic (exact) mass is 584 g/mol. The van der Waals surface area contributed by atoms with Crippen LogP contribution >= 0.6 is 0 Å².